The van der Waals surface area contributed by atoms with Gasteiger partial charge in [0, 0.05) is 40.1 Å². The van der Waals surface area contributed by atoms with Gasteiger partial charge in [-0.1, -0.05) is 29.3 Å². The summed E-state index contributed by atoms with van der Waals surface area (Å²) in [5, 5.41) is 4.66. The van der Waals surface area contributed by atoms with Crippen molar-refractivity contribution in [3.63, 3.8) is 0 Å². The molecule has 126 valence electrons. The van der Waals surface area contributed by atoms with Gasteiger partial charge in [-0.25, -0.2) is 4.98 Å². The number of hydrogen-bond acceptors (Lipinski definition) is 4. The van der Waals surface area contributed by atoms with Crippen molar-refractivity contribution in [3.05, 3.63) is 50.9 Å². The summed E-state index contributed by atoms with van der Waals surface area (Å²) in [4.78, 5) is 9.53. The van der Waals surface area contributed by atoms with Crippen molar-refractivity contribution < 1.29 is 4.74 Å². The van der Waals surface area contributed by atoms with Crippen LogP contribution >= 0.6 is 23.2 Å². The van der Waals surface area contributed by atoms with Crippen molar-refractivity contribution in [3.8, 4) is 5.88 Å². The van der Waals surface area contributed by atoms with Gasteiger partial charge in [-0.15, -0.1) is 0 Å². The Balaban J connectivity index is 1.62. The molecule has 0 atom stereocenters. The van der Waals surface area contributed by atoms with Gasteiger partial charge in [0.25, 0.3) is 0 Å². The first-order valence-electron chi connectivity index (χ1n) is 8.38. The van der Waals surface area contributed by atoms with E-state index in [0.717, 1.165) is 54.5 Å². The Kier molecular flexibility index (Phi) is 4.61. The second-order valence-corrected chi connectivity index (χ2v) is 7.20. The number of halogens is 2. The van der Waals surface area contributed by atoms with Gasteiger partial charge >= 0.3 is 0 Å². The fraction of sp³-hybridized carbons (Fsp3) is 0.444. The quantitative estimate of drug-likeness (QED) is 0.893. The molecule has 2 heterocycles. The van der Waals surface area contributed by atoms with Crippen molar-refractivity contribution in [1.82, 2.24) is 15.3 Å². The zero-order chi connectivity index (χ0) is 16.5. The van der Waals surface area contributed by atoms with Crippen molar-refractivity contribution in [1.29, 1.82) is 0 Å². The van der Waals surface area contributed by atoms with Crippen LogP contribution < -0.4 is 10.1 Å². The predicted octanol–water partition coefficient (Wildman–Crippen LogP) is 3.93. The Morgan fingerprint density at radius 1 is 1.12 bits per heavy atom. The maximum absolute atomic E-state index is 6.25. The van der Waals surface area contributed by atoms with Crippen LogP contribution in [0.3, 0.4) is 0 Å². The minimum Gasteiger partial charge on any atom is -0.472 e. The second-order valence-electron chi connectivity index (χ2n) is 6.36. The first-order chi connectivity index (χ1) is 11.7. The highest BCUT2D eigenvalue weighted by molar-refractivity contribution is 6.35. The number of aromatic nitrogens is 2. The molecule has 0 unspecified atom stereocenters. The zero-order valence-electron chi connectivity index (χ0n) is 13.3. The molecule has 1 aliphatic heterocycles. The molecule has 1 aromatic heterocycles. The van der Waals surface area contributed by atoms with Gasteiger partial charge in [0.1, 0.15) is 12.4 Å². The van der Waals surface area contributed by atoms with Crippen molar-refractivity contribution in [2.75, 3.05) is 13.1 Å². The molecule has 1 N–H and O–H groups in total. The maximum atomic E-state index is 6.25. The van der Waals surface area contributed by atoms with E-state index in [9.17, 15) is 0 Å². The number of fused-ring (bicyclic) bond motifs is 1. The maximum Gasteiger partial charge on any atom is 0.220 e. The monoisotopic (exact) mass is 363 g/mol. The zero-order valence-corrected chi connectivity index (χ0v) is 14.8. The van der Waals surface area contributed by atoms with Crippen molar-refractivity contribution in [2.24, 2.45) is 0 Å². The van der Waals surface area contributed by atoms with Crippen LogP contribution in [-0.4, -0.2) is 23.1 Å². The van der Waals surface area contributed by atoms with Gasteiger partial charge < -0.3 is 10.1 Å². The average molecular weight is 364 g/mol. The molecule has 0 saturated heterocycles. The molecule has 2 aliphatic rings. The SMILES string of the molecule is Clc1ccc(COc2nc(C3CC3)nc3c2CCNCC3)c(Cl)c1. The fourth-order valence-corrected chi connectivity index (χ4v) is 3.42. The van der Waals surface area contributed by atoms with Crippen LogP contribution in [0.25, 0.3) is 0 Å². The summed E-state index contributed by atoms with van der Waals surface area (Å²) < 4.78 is 6.08. The van der Waals surface area contributed by atoms with Crippen LogP contribution in [0, 0.1) is 0 Å². The van der Waals surface area contributed by atoms with E-state index in [4.69, 9.17) is 37.9 Å². The Bertz CT molecular complexity index is 762. The first-order valence-corrected chi connectivity index (χ1v) is 9.13. The lowest BCUT2D eigenvalue weighted by molar-refractivity contribution is 0.288. The Morgan fingerprint density at radius 3 is 2.75 bits per heavy atom. The van der Waals surface area contributed by atoms with E-state index in [1.54, 1.807) is 6.07 Å². The molecule has 4 nitrogen and oxygen atoms in total. The van der Waals surface area contributed by atoms with Gasteiger partial charge in [0.15, 0.2) is 0 Å². The van der Waals surface area contributed by atoms with Gasteiger partial charge in [0.2, 0.25) is 5.88 Å². The lowest BCUT2D eigenvalue weighted by Crippen LogP contribution is -2.16. The largest absolute Gasteiger partial charge is 0.472 e. The standard InChI is InChI=1S/C18H19Cl2N3O/c19-13-4-3-12(15(20)9-13)10-24-18-14-5-7-21-8-6-16(14)22-17(23-18)11-1-2-11/h3-4,9,11,21H,1-2,5-8,10H2. The van der Waals surface area contributed by atoms with Crippen LogP contribution in [0.5, 0.6) is 5.88 Å². The van der Waals surface area contributed by atoms with E-state index in [-0.39, 0.29) is 0 Å². The molecule has 1 saturated carbocycles. The van der Waals surface area contributed by atoms with E-state index in [1.165, 1.54) is 12.8 Å². The second kappa shape index (κ2) is 6.87. The highest BCUT2D eigenvalue weighted by Gasteiger charge is 2.29. The van der Waals surface area contributed by atoms with Gasteiger partial charge in [0.05, 0.1) is 5.69 Å². The topological polar surface area (TPSA) is 47.0 Å². The molecule has 2 aromatic rings. The minimum atomic E-state index is 0.386. The Hall–Kier alpha value is -1.36. The molecule has 0 radical (unpaired) electrons. The van der Waals surface area contributed by atoms with Crippen LogP contribution in [0.1, 0.15) is 41.4 Å². The normalized spacial score (nSPS) is 17.2. The van der Waals surface area contributed by atoms with Crippen LogP contribution in [-0.2, 0) is 19.4 Å². The van der Waals surface area contributed by atoms with E-state index in [2.05, 4.69) is 5.32 Å². The fourth-order valence-electron chi connectivity index (χ4n) is 2.96. The highest BCUT2D eigenvalue weighted by Crippen LogP contribution is 2.39. The lowest BCUT2D eigenvalue weighted by atomic mass is 10.1. The molecule has 24 heavy (non-hydrogen) atoms. The third-order valence-corrected chi connectivity index (χ3v) is 5.07. The average Bonchev–Trinajstić information content (AvgIpc) is 3.40. The summed E-state index contributed by atoms with van der Waals surface area (Å²) in [6.07, 6.45) is 4.18. The third kappa shape index (κ3) is 3.51. The lowest BCUT2D eigenvalue weighted by Gasteiger charge is -2.14. The summed E-state index contributed by atoms with van der Waals surface area (Å²) in [7, 11) is 0. The Morgan fingerprint density at radius 2 is 1.96 bits per heavy atom. The van der Waals surface area contributed by atoms with Gasteiger partial charge in [-0.3, -0.25) is 0 Å². The number of rotatable bonds is 4. The highest BCUT2D eigenvalue weighted by atomic mass is 35.5. The van der Waals surface area contributed by atoms with E-state index in [1.807, 2.05) is 12.1 Å². The van der Waals surface area contributed by atoms with Crippen molar-refractivity contribution >= 4 is 23.2 Å². The summed E-state index contributed by atoms with van der Waals surface area (Å²) >= 11 is 12.2. The van der Waals surface area contributed by atoms with E-state index >= 15 is 0 Å². The summed E-state index contributed by atoms with van der Waals surface area (Å²) in [5.41, 5.74) is 3.18. The molecule has 0 bridgehead atoms. The Labute approximate surface area is 151 Å². The van der Waals surface area contributed by atoms with Crippen LogP contribution in [0.2, 0.25) is 10.0 Å². The summed E-state index contributed by atoms with van der Waals surface area (Å²) in [6, 6.07) is 5.46. The number of ether oxygens (including phenoxy) is 1. The van der Waals surface area contributed by atoms with Crippen molar-refractivity contribution in [2.45, 2.75) is 38.2 Å². The molecule has 0 amide bonds. The number of nitrogens with one attached hydrogen (secondary N) is 1. The van der Waals surface area contributed by atoms with E-state index < -0.39 is 0 Å². The molecule has 4 rings (SSSR count). The van der Waals surface area contributed by atoms with Crippen LogP contribution in [0.15, 0.2) is 18.2 Å². The molecule has 0 spiro atoms. The molecule has 1 aromatic carbocycles. The molecular formula is C18H19Cl2N3O. The minimum absolute atomic E-state index is 0.386. The predicted molar refractivity (Wildman–Crippen MR) is 95.1 cm³/mol. The third-order valence-electron chi connectivity index (χ3n) is 4.48. The van der Waals surface area contributed by atoms with Crippen LogP contribution in [0.4, 0.5) is 0 Å². The number of benzene rings is 1. The molecule has 6 heteroatoms. The number of nitrogens with zero attached hydrogens (tertiary/aromatic N) is 2. The van der Waals surface area contributed by atoms with Gasteiger partial charge in [-0.05, 0) is 37.9 Å². The molecular weight excluding hydrogens is 345 g/mol. The summed E-state index contributed by atoms with van der Waals surface area (Å²) in [5.74, 6) is 2.16. The summed E-state index contributed by atoms with van der Waals surface area (Å²) in [6.45, 7) is 2.27. The number of hydrogen-bond donors (Lipinski definition) is 1. The van der Waals surface area contributed by atoms with Gasteiger partial charge in [-0.2, -0.15) is 4.98 Å². The molecule has 1 aliphatic carbocycles. The smallest absolute Gasteiger partial charge is 0.220 e. The van der Waals surface area contributed by atoms with E-state index in [0.29, 0.717) is 22.6 Å². The first kappa shape index (κ1) is 16.1. The molecule has 1 fully saturated rings.